The zero-order valence-corrected chi connectivity index (χ0v) is 19.4. The van der Waals surface area contributed by atoms with Crippen molar-refractivity contribution in [1.82, 2.24) is 0 Å². The van der Waals surface area contributed by atoms with Gasteiger partial charge in [-0.3, -0.25) is 0 Å². The van der Waals surface area contributed by atoms with E-state index in [0.717, 1.165) is 102 Å². The van der Waals surface area contributed by atoms with Gasteiger partial charge in [0.05, 0.1) is 16.7 Å². The van der Waals surface area contributed by atoms with E-state index in [0.29, 0.717) is 11.1 Å². The predicted molar refractivity (Wildman–Crippen MR) is 125 cm³/mol. The molecule has 3 saturated carbocycles. The first-order chi connectivity index (χ1) is 15.9. The van der Waals surface area contributed by atoms with Gasteiger partial charge in [-0.05, 0) is 73.0 Å². The summed E-state index contributed by atoms with van der Waals surface area (Å²) in [6.07, 6.45) is 14.6. The van der Waals surface area contributed by atoms with E-state index in [2.05, 4.69) is 0 Å². The first-order valence-electron chi connectivity index (χ1n) is 12.8. The molecule has 4 rings (SSSR count). The van der Waals surface area contributed by atoms with E-state index in [1.165, 1.54) is 0 Å². The lowest BCUT2D eigenvalue weighted by Crippen LogP contribution is -2.27. The minimum Gasteiger partial charge on any atom is -0.478 e. The SMILES string of the molecule is O=C(O)c1c(C(=O)O)c(C2CCCCC2)c(C2CCCCC2)c(C2CCCCC2)c1C(=O)O. The van der Waals surface area contributed by atoms with Crippen LogP contribution in [-0.2, 0) is 0 Å². The van der Waals surface area contributed by atoms with Gasteiger partial charge >= 0.3 is 17.9 Å². The van der Waals surface area contributed by atoms with Gasteiger partial charge in [0.15, 0.2) is 0 Å². The van der Waals surface area contributed by atoms with Crippen LogP contribution < -0.4 is 0 Å². The molecule has 1 aromatic carbocycles. The highest BCUT2D eigenvalue weighted by Crippen LogP contribution is 2.50. The number of carbonyl (C=O) groups is 3. The smallest absolute Gasteiger partial charge is 0.337 e. The van der Waals surface area contributed by atoms with Crippen LogP contribution in [0.25, 0.3) is 0 Å². The van der Waals surface area contributed by atoms with Crippen LogP contribution in [0.3, 0.4) is 0 Å². The summed E-state index contributed by atoms with van der Waals surface area (Å²) in [5.41, 5.74) is 1.30. The van der Waals surface area contributed by atoms with E-state index in [4.69, 9.17) is 0 Å². The van der Waals surface area contributed by atoms with Crippen molar-refractivity contribution in [2.45, 2.75) is 114 Å². The van der Waals surface area contributed by atoms with E-state index in [-0.39, 0.29) is 28.9 Å². The second kappa shape index (κ2) is 10.3. The average Bonchev–Trinajstić information content (AvgIpc) is 2.83. The Kier molecular flexibility index (Phi) is 7.40. The zero-order valence-electron chi connectivity index (χ0n) is 19.4. The maximum Gasteiger partial charge on any atom is 0.337 e. The van der Waals surface area contributed by atoms with Crippen LogP contribution in [0.1, 0.15) is 162 Å². The van der Waals surface area contributed by atoms with Crippen molar-refractivity contribution < 1.29 is 29.7 Å². The Hall–Kier alpha value is -2.37. The lowest BCUT2D eigenvalue weighted by molar-refractivity contribution is 0.0630. The second-order valence-electron chi connectivity index (χ2n) is 10.3. The van der Waals surface area contributed by atoms with Crippen LogP contribution in [0.4, 0.5) is 0 Å². The quantitative estimate of drug-likeness (QED) is 0.428. The molecule has 6 heteroatoms. The van der Waals surface area contributed by atoms with Crippen molar-refractivity contribution in [2.75, 3.05) is 0 Å². The molecule has 3 N–H and O–H groups in total. The maximum atomic E-state index is 12.6. The molecule has 0 spiro atoms. The lowest BCUT2D eigenvalue weighted by Gasteiger charge is -2.37. The van der Waals surface area contributed by atoms with E-state index < -0.39 is 23.5 Å². The Labute approximate surface area is 195 Å². The van der Waals surface area contributed by atoms with Gasteiger partial charge in [0.1, 0.15) is 0 Å². The van der Waals surface area contributed by atoms with Gasteiger partial charge in [-0.2, -0.15) is 0 Å². The number of aromatic carboxylic acids is 3. The van der Waals surface area contributed by atoms with Gasteiger partial charge in [-0.25, -0.2) is 14.4 Å². The van der Waals surface area contributed by atoms with Crippen molar-refractivity contribution in [2.24, 2.45) is 0 Å². The molecule has 0 aliphatic heterocycles. The Morgan fingerprint density at radius 3 is 0.970 bits per heavy atom. The molecular formula is C27H36O6. The van der Waals surface area contributed by atoms with E-state index in [1.807, 2.05) is 0 Å². The molecule has 0 saturated heterocycles. The largest absolute Gasteiger partial charge is 0.478 e. The van der Waals surface area contributed by atoms with Gasteiger partial charge in [0.25, 0.3) is 0 Å². The summed E-state index contributed by atoms with van der Waals surface area (Å²) in [5, 5.41) is 30.8. The van der Waals surface area contributed by atoms with Crippen molar-refractivity contribution in [3.63, 3.8) is 0 Å². The molecule has 0 heterocycles. The Morgan fingerprint density at radius 1 is 0.424 bits per heavy atom. The molecule has 6 nitrogen and oxygen atoms in total. The van der Waals surface area contributed by atoms with Gasteiger partial charge < -0.3 is 15.3 Å². The summed E-state index contributed by atoms with van der Waals surface area (Å²) in [4.78, 5) is 37.7. The number of rotatable bonds is 6. The maximum absolute atomic E-state index is 12.6. The van der Waals surface area contributed by atoms with Crippen LogP contribution in [0.15, 0.2) is 0 Å². The van der Waals surface area contributed by atoms with Crippen molar-refractivity contribution >= 4 is 17.9 Å². The van der Waals surface area contributed by atoms with E-state index in [9.17, 15) is 29.7 Å². The summed E-state index contributed by atoms with van der Waals surface area (Å²) in [6, 6.07) is 0. The third-order valence-electron chi connectivity index (χ3n) is 8.30. The zero-order chi connectivity index (χ0) is 23.5. The highest BCUT2D eigenvalue weighted by atomic mass is 16.4. The van der Waals surface area contributed by atoms with Crippen LogP contribution >= 0.6 is 0 Å². The van der Waals surface area contributed by atoms with Crippen molar-refractivity contribution in [3.8, 4) is 0 Å². The molecule has 0 radical (unpaired) electrons. The van der Waals surface area contributed by atoms with Gasteiger partial charge in [0.2, 0.25) is 0 Å². The number of benzene rings is 1. The van der Waals surface area contributed by atoms with Crippen LogP contribution in [0.5, 0.6) is 0 Å². The van der Waals surface area contributed by atoms with Gasteiger partial charge in [0, 0.05) is 0 Å². The predicted octanol–water partition coefficient (Wildman–Crippen LogP) is 6.92. The minimum atomic E-state index is -1.44. The molecule has 180 valence electrons. The fourth-order valence-corrected chi connectivity index (χ4v) is 6.93. The normalized spacial score (nSPS) is 21.1. The van der Waals surface area contributed by atoms with E-state index in [1.54, 1.807) is 0 Å². The average molecular weight is 457 g/mol. The number of carboxylic acid groups (broad SMARTS) is 3. The fraction of sp³-hybridized carbons (Fsp3) is 0.667. The summed E-state index contributed by atoms with van der Waals surface area (Å²) in [7, 11) is 0. The summed E-state index contributed by atoms with van der Waals surface area (Å²) in [6.45, 7) is 0. The Bertz CT molecular complexity index is 858. The van der Waals surface area contributed by atoms with Crippen LogP contribution in [0.2, 0.25) is 0 Å². The molecule has 3 aliphatic rings. The highest BCUT2D eigenvalue weighted by Gasteiger charge is 2.40. The molecule has 0 bridgehead atoms. The first-order valence-corrected chi connectivity index (χ1v) is 12.8. The standard InChI is InChI=1S/C27H36O6/c28-25(29)22-20(17-12-6-2-7-13-17)19(16-10-4-1-5-11-16)21(18-14-8-3-9-15-18)23(26(30)31)24(22)27(32)33/h16-18H,1-15H2,(H,28,29)(H,30,31)(H,32,33). The molecule has 33 heavy (non-hydrogen) atoms. The third-order valence-corrected chi connectivity index (χ3v) is 8.30. The summed E-state index contributed by atoms with van der Waals surface area (Å²) >= 11 is 0. The Morgan fingerprint density at radius 2 is 0.697 bits per heavy atom. The number of hydrogen-bond acceptors (Lipinski definition) is 3. The topological polar surface area (TPSA) is 112 Å². The minimum absolute atomic E-state index is 0.00920. The molecule has 1 aromatic rings. The van der Waals surface area contributed by atoms with Crippen LogP contribution in [-0.4, -0.2) is 33.2 Å². The van der Waals surface area contributed by atoms with Crippen LogP contribution in [0, 0.1) is 0 Å². The van der Waals surface area contributed by atoms with Crippen molar-refractivity contribution in [1.29, 1.82) is 0 Å². The molecule has 0 aromatic heterocycles. The monoisotopic (exact) mass is 456 g/mol. The molecule has 0 unspecified atom stereocenters. The fourth-order valence-electron chi connectivity index (χ4n) is 6.93. The lowest BCUT2D eigenvalue weighted by atomic mass is 9.67. The summed E-state index contributed by atoms with van der Waals surface area (Å²) < 4.78 is 0. The number of hydrogen-bond donors (Lipinski definition) is 3. The second-order valence-corrected chi connectivity index (χ2v) is 10.3. The molecule has 3 fully saturated rings. The van der Waals surface area contributed by atoms with Crippen molar-refractivity contribution in [3.05, 3.63) is 33.4 Å². The van der Waals surface area contributed by atoms with E-state index >= 15 is 0 Å². The summed E-state index contributed by atoms with van der Waals surface area (Å²) in [5.74, 6) is -3.94. The highest BCUT2D eigenvalue weighted by molar-refractivity contribution is 6.11. The molecule has 0 atom stereocenters. The first kappa shape index (κ1) is 23.8. The molecular weight excluding hydrogens is 420 g/mol. The number of carboxylic acids is 3. The Balaban J connectivity index is 2.11. The molecule has 3 aliphatic carbocycles. The molecule has 0 amide bonds. The van der Waals surface area contributed by atoms with Gasteiger partial charge in [-0.15, -0.1) is 0 Å². The third kappa shape index (κ3) is 4.67. The van der Waals surface area contributed by atoms with Gasteiger partial charge in [-0.1, -0.05) is 57.8 Å².